The summed E-state index contributed by atoms with van der Waals surface area (Å²) in [5, 5.41) is 9.71. The summed E-state index contributed by atoms with van der Waals surface area (Å²) in [6.45, 7) is -1.01. The van der Waals surface area contributed by atoms with E-state index in [0.717, 1.165) is 0 Å². The molecule has 1 saturated carbocycles. The van der Waals surface area contributed by atoms with Crippen LogP contribution in [0.3, 0.4) is 0 Å². The topological polar surface area (TPSA) is 84.6 Å². The maximum absolute atomic E-state index is 14.1. The van der Waals surface area contributed by atoms with Crippen molar-refractivity contribution in [1.29, 1.82) is 0 Å². The van der Waals surface area contributed by atoms with Gasteiger partial charge in [-0.1, -0.05) is 11.8 Å². The Hall–Kier alpha value is -1.34. The number of nitrogen functional groups attached to an aromatic ring is 1. The normalized spacial score (nSPS) is 35.4. The van der Waals surface area contributed by atoms with Crippen molar-refractivity contribution in [2.24, 2.45) is 16.6 Å². The number of nitrogens with two attached hydrogens (primary N) is 2. The van der Waals surface area contributed by atoms with Crippen molar-refractivity contribution in [3.8, 4) is 0 Å². The molecule has 0 bridgehead atoms. The molecule has 20 heavy (non-hydrogen) atoms. The second-order valence-electron chi connectivity index (χ2n) is 5.33. The third-order valence-corrected chi connectivity index (χ3v) is 5.43. The summed E-state index contributed by atoms with van der Waals surface area (Å²) < 4.78 is 27.4. The van der Waals surface area contributed by atoms with Crippen LogP contribution in [0.15, 0.2) is 23.2 Å². The van der Waals surface area contributed by atoms with Gasteiger partial charge in [0.15, 0.2) is 5.17 Å². The number of anilines is 1. The van der Waals surface area contributed by atoms with Crippen molar-refractivity contribution >= 4 is 22.6 Å². The molecule has 3 atom stereocenters. The van der Waals surface area contributed by atoms with Crippen LogP contribution in [0.4, 0.5) is 14.5 Å². The molecule has 1 aliphatic heterocycles. The van der Waals surface area contributed by atoms with E-state index in [9.17, 15) is 13.9 Å². The number of halogens is 2. The minimum Gasteiger partial charge on any atom is -0.399 e. The first-order chi connectivity index (χ1) is 9.47. The molecule has 1 aromatic rings. The maximum atomic E-state index is 14.1. The molecule has 1 heterocycles. The van der Waals surface area contributed by atoms with Gasteiger partial charge in [-0.15, -0.1) is 0 Å². The van der Waals surface area contributed by atoms with Crippen molar-refractivity contribution in [3.63, 3.8) is 0 Å². The predicted molar refractivity (Wildman–Crippen MR) is 75.6 cm³/mol. The lowest BCUT2D eigenvalue weighted by molar-refractivity contribution is 0.231. The molecule has 1 fully saturated rings. The van der Waals surface area contributed by atoms with E-state index in [1.807, 2.05) is 0 Å². The molecule has 0 spiro atoms. The predicted octanol–water partition coefficient (Wildman–Crippen LogP) is 1.39. The fourth-order valence-corrected chi connectivity index (χ4v) is 4.31. The van der Waals surface area contributed by atoms with Crippen LogP contribution in [0.5, 0.6) is 0 Å². The van der Waals surface area contributed by atoms with E-state index < -0.39 is 22.8 Å². The first-order valence-corrected chi connectivity index (χ1v) is 7.06. The van der Waals surface area contributed by atoms with Gasteiger partial charge in [0.1, 0.15) is 18.0 Å². The van der Waals surface area contributed by atoms with Gasteiger partial charge in [0.25, 0.3) is 0 Å². The van der Waals surface area contributed by atoms with Crippen molar-refractivity contribution in [2.75, 3.05) is 19.0 Å². The van der Waals surface area contributed by atoms with E-state index in [2.05, 4.69) is 4.99 Å². The summed E-state index contributed by atoms with van der Waals surface area (Å²) in [5.41, 5.74) is 10.5. The Kier molecular flexibility index (Phi) is 2.95. The number of aliphatic hydroxyl groups is 1. The van der Waals surface area contributed by atoms with Crippen molar-refractivity contribution in [1.82, 2.24) is 0 Å². The van der Waals surface area contributed by atoms with Crippen LogP contribution in [-0.2, 0) is 5.54 Å². The quantitative estimate of drug-likeness (QED) is 0.736. The van der Waals surface area contributed by atoms with Gasteiger partial charge >= 0.3 is 0 Å². The fourth-order valence-electron chi connectivity index (χ4n) is 3.03. The summed E-state index contributed by atoms with van der Waals surface area (Å²) >= 11 is 1.24. The highest BCUT2D eigenvalue weighted by Gasteiger charge is 2.68. The van der Waals surface area contributed by atoms with Crippen molar-refractivity contribution in [2.45, 2.75) is 16.7 Å². The average molecular weight is 299 g/mol. The van der Waals surface area contributed by atoms with Crippen LogP contribution in [0.2, 0.25) is 0 Å². The summed E-state index contributed by atoms with van der Waals surface area (Å²) in [7, 11) is 0. The van der Waals surface area contributed by atoms with Gasteiger partial charge in [0.2, 0.25) is 0 Å². The van der Waals surface area contributed by atoms with Gasteiger partial charge < -0.3 is 16.6 Å². The number of hydrogen-bond donors (Lipinski definition) is 3. The maximum Gasteiger partial charge on any atom is 0.155 e. The standard InChI is InChI=1S/C13H15F2N3OS/c14-5-13(8-3-7(16)1-2-9(8)15)10-4-12(10,6-19)20-11(17)18-13/h1-3,10,19H,4-6,16H2,(H2,17,18)/t10-,12-,13-/m1/s1. The van der Waals surface area contributed by atoms with E-state index in [0.29, 0.717) is 12.1 Å². The third-order valence-electron chi connectivity index (χ3n) is 4.15. The number of hydrogen-bond acceptors (Lipinski definition) is 5. The lowest BCUT2D eigenvalue weighted by atomic mass is 9.84. The zero-order valence-corrected chi connectivity index (χ0v) is 11.5. The van der Waals surface area contributed by atoms with E-state index in [4.69, 9.17) is 11.5 Å². The monoisotopic (exact) mass is 299 g/mol. The SMILES string of the molecule is NC1=N[C@](CF)(c2cc(N)ccc2F)[C@@H]2C[C@]2(CO)S1. The second kappa shape index (κ2) is 4.33. The highest BCUT2D eigenvalue weighted by atomic mass is 32.2. The second-order valence-corrected chi connectivity index (χ2v) is 6.76. The lowest BCUT2D eigenvalue weighted by Crippen LogP contribution is -2.41. The molecule has 0 saturated heterocycles. The molecular formula is C13H15F2N3OS. The zero-order valence-electron chi connectivity index (χ0n) is 10.6. The summed E-state index contributed by atoms with van der Waals surface area (Å²) in [6, 6.07) is 4.03. The Labute approximate surface area is 119 Å². The van der Waals surface area contributed by atoms with Crippen LogP contribution in [-0.4, -0.2) is 28.3 Å². The minimum absolute atomic E-state index is 0.114. The molecule has 0 amide bonds. The first kappa shape index (κ1) is 13.6. The molecule has 4 nitrogen and oxygen atoms in total. The van der Waals surface area contributed by atoms with Gasteiger partial charge in [0.05, 0.1) is 11.4 Å². The van der Waals surface area contributed by atoms with E-state index in [-0.39, 0.29) is 23.3 Å². The summed E-state index contributed by atoms with van der Waals surface area (Å²) in [4.78, 5) is 4.20. The van der Waals surface area contributed by atoms with Crippen LogP contribution in [0, 0.1) is 11.7 Å². The molecule has 108 valence electrons. The number of amidine groups is 1. The molecule has 1 aromatic carbocycles. The molecule has 7 heteroatoms. The van der Waals surface area contributed by atoms with E-state index >= 15 is 0 Å². The minimum atomic E-state index is -1.38. The number of fused-ring (bicyclic) bond motifs is 1. The molecule has 0 unspecified atom stereocenters. The molecule has 5 N–H and O–H groups in total. The molecule has 1 aliphatic carbocycles. The number of aliphatic imine (C=N–C) groups is 1. The Morgan fingerprint density at radius 3 is 2.85 bits per heavy atom. The Morgan fingerprint density at radius 1 is 1.45 bits per heavy atom. The lowest BCUT2D eigenvalue weighted by Gasteiger charge is -2.34. The summed E-state index contributed by atoms with van der Waals surface area (Å²) in [6.07, 6.45) is 0.552. The summed E-state index contributed by atoms with van der Waals surface area (Å²) in [5.74, 6) is -0.836. The van der Waals surface area contributed by atoms with Gasteiger partial charge in [0, 0.05) is 17.2 Å². The number of thioether (sulfide) groups is 1. The first-order valence-electron chi connectivity index (χ1n) is 6.24. The number of aliphatic hydroxyl groups excluding tert-OH is 1. The van der Waals surface area contributed by atoms with Crippen LogP contribution < -0.4 is 11.5 Å². The zero-order chi connectivity index (χ0) is 14.5. The van der Waals surface area contributed by atoms with Crippen molar-refractivity contribution in [3.05, 3.63) is 29.6 Å². The fraction of sp³-hybridized carbons (Fsp3) is 0.462. The molecule has 2 aliphatic rings. The third kappa shape index (κ3) is 1.73. The van der Waals surface area contributed by atoms with Gasteiger partial charge in [-0.3, -0.25) is 0 Å². The largest absolute Gasteiger partial charge is 0.399 e. The van der Waals surface area contributed by atoms with Crippen molar-refractivity contribution < 1.29 is 13.9 Å². The van der Waals surface area contributed by atoms with E-state index in [1.165, 1.54) is 30.0 Å². The highest BCUT2D eigenvalue weighted by molar-refractivity contribution is 8.15. The Balaban J connectivity index is 2.17. The van der Waals surface area contributed by atoms with E-state index in [1.54, 1.807) is 0 Å². The molecule has 0 aromatic heterocycles. The van der Waals surface area contributed by atoms with Gasteiger partial charge in [-0.25, -0.2) is 13.8 Å². The molecule has 3 rings (SSSR count). The van der Waals surface area contributed by atoms with Crippen LogP contribution in [0.1, 0.15) is 12.0 Å². The number of alkyl halides is 1. The Morgan fingerprint density at radius 2 is 2.20 bits per heavy atom. The van der Waals surface area contributed by atoms with Crippen LogP contribution >= 0.6 is 11.8 Å². The number of rotatable bonds is 3. The van der Waals surface area contributed by atoms with Crippen LogP contribution in [0.25, 0.3) is 0 Å². The smallest absolute Gasteiger partial charge is 0.155 e. The number of benzene rings is 1. The van der Waals surface area contributed by atoms with Gasteiger partial charge in [-0.2, -0.15) is 0 Å². The van der Waals surface area contributed by atoms with Gasteiger partial charge in [-0.05, 0) is 24.6 Å². The Bertz CT molecular complexity index is 597. The molecule has 0 radical (unpaired) electrons. The average Bonchev–Trinajstić information content (AvgIpc) is 3.16. The molecular weight excluding hydrogens is 284 g/mol. The highest BCUT2D eigenvalue weighted by Crippen LogP contribution is 2.65. The number of nitrogens with zero attached hydrogens (tertiary/aromatic N) is 1.